The van der Waals surface area contributed by atoms with Crippen LogP contribution in [0.2, 0.25) is 0 Å². The van der Waals surface area contributed by atoms with Crippen molar-refractivity contribution in [3.63, 3.8) is 0 Å². The van der Waals surface area contributed by atoms with Crippen LogP contribution in [0, 0.1) is 5.41 Å². The molecule has 7 heteroatoms. The summed E-state index contributed by atoms with van der Waals surface area (Å²) in [4.78, 5) is 29.6. The summed E-state index contributed by atoms with van der Waals surface area (Å²) in [7, 11) is 0. The van der Waals surface area contributed by atoms with E-state index < -0.39 is 11.3 Å². The van der Waals surface area contributed by atoms with Crippen molar-refractivity contribution in [1.82, 2.24) is 20.2 Å². The predicted octanol–water partition coefficient (Wildman–Crippen LogP) is 2.04. The van der Waals surface area contributed by atoms with Crippen LogP contribution >= 0.6 is 0 Å². The molecule has 0 bridgehead atoms. The molecule has 7 nitrogen and oxygen atoms in total. The van der Waals surface area contributed by atoms with E-state index in [0.29, 0.717) is 12.1 Å². The first-order valence-corrected chi connectivity index (χ1v) is 9.41. The number of hydroxylamine groups is 1. The number of nitrogens with zero attached hydrogens (tertiary/aromatic N) is 2. The van der Waals surface area contributed by atoms with Crippen molar-refractivity contribution in [3.05, 3.63) is 71.2 Å². The van der Waals surface area contributed by atoms with E-state index in [9.17, 15) is 9.59 Å². The minimum absolute atomic E-state index is 0.0612. The van der Waals surface area contributed by atoms with Crippen molar-refractivity contribution in [2.75, 3.05) is 6.54 Å². The van der Waals surface area contributed by atoms with Crippen molar-refractivity contribution >= 4 is 17.5 Å². The van der Waals surface area contributed by atoms with Gasteiger partial charge in [0.25, 0.3) is 5.91 Å². The summed E-state index contributed by atoms with van der Waals surface area (Å²) in [6, 6.07) is 11.3. The lowest BCUT2D eigenvalue weighted by Crippen LogP contribution is -2.41. The standard InChI is InChI=1S/C21H20N4O3/c26-19(24-28)14-5-4-13-6-7-21(8-9-22-20(21)27)18(15(13)11-14)16-12-23-17-3-1-2-10-25(16)17/h1-5,10-12,18,28H,6-9H2,(H,22,27)(H,24,26). The Morgan fingerprint density at radius 2 is 2.18 bits per heavy atom. The number of fused-ring (bicyclic) bond motifs is 2. The highest BCUT2D eigenvalue weighted by molar-refractivity contribution is 5.94. The number of hydrogen-bond acceptors (Lipinski definition) is 4. The zero-order valence-electron chi connectivity index (χ0n) is 15.2. The van der Waals surface area contributed by atoms with Crippen molar-refractivity contribution in [3.8, 4) is 0 Å². The van der Waals surface area contributed by atoms with Crippen LogP contribution in [0.25, 0.3) is 5.65 Å². The van der Waals surface area contributed by atoms with E-state index in [1.54, 1.807) is 17.6 Å². The summed E-state index contributed by atoms with van der Waals surface area (Å²) in [5.41, 5.74) is 5.35. The maximum atomic E-state index is 13.0. The average Bonchev–Trinajstić information content (AvgIpc) is 3.31. The van der Waals surface area contributed by atoms with E-state index in [0.717, 1.165) is 41.7 Å². The minimum atomic E-state index is -0.562. The Bertz CT molecular complexity index is 1110. The van der Waals surface area contributed by atoms with Gasteiger partial charge in [-0.05, 0) is 54.7 Å². The number of nitrogens with one attached hydrogen (secondary N) is 2. The SMILES string of the molecule is O=C(NO)c1ccc2c(c1)C(c1cnc3ccccn13)C1(CCNC1=O)CC2. The molecule has 3 heterocycles. The Morgan fingerprint density at radius 1 is 1.29 bits per heavy atom. The molecule has 0 radical (unpaired) electrons. The van der Waals surface area contributed by atoms with Gasteiger partial charge in [-0.25, -0.2) is 10.5 Å². The molecule has 142 valence electrons. The van der Waals surface area contributed by atoms with Gasteiger partial charge in [-0.1, -0.05) is 12.1 Å². The molecule has 28 heavy (non-hydrogen) atoms. The van der Waals surface area contributed by atoms with Crippen molar-refractivity contribution in [2.45, 2.75) is 25.2 Å². The molecule has 1 saturated heterocycles. The van der Waals surface area contributed by atoms with Crippen LogP contribution < -0.4 is 10.8 Å². The van der Waals surface area contributed by atoms with Gasteiger partial charge in [0, 0.05) is 30.4 Å². The molecule has 2 unspecified atom stereocenters. The molecule has 5 rings (SSSR count). The zero-order chi connectivity index (χ0) is 19.3. The maximum absolute atomic E-state index is 13.0. The first-order valence-electron chi connectivity index (χ1n) is 9.41. The van der Waals surface area contributed by atoms with Gasteiger partial charge in [0.15, 0.2) is 0 Å². The number of carbonyl (C=O) groups is 2. The van der Waals surface area contributed by atoms with Gasteiger partial charge in [0.05, 0.1) is 11.1 Å². The summed E-state index contributed by atoms with van der Waals surface area (Å²) < 4.78 is 2.02. The van der Waals surface area contributed by atoms with Crippen LogP contribution in [-0.2, 0) is 11.2 Å². The molecular weight excluding hydrogens is 356 g/mol. The predicted molar refractivity (Wildman–Crippen MR) is 101 cm³/mol. The molecule has 2 amide bonds. The van der Waals surface area contributed by atoms with Gasteiger partial charge in [0.2, 0.25) is 5.91 Å². The topological polar surface area (TPSA) is 95.7 Å². The Kier molecular flexibility index (Phi) is 3.73. The molecule has 1 spiro atoms. The largest absolute Gasteiger partial charge is 0.356 e. The monoisotopic (exact) mass is 376 g/mol. The summed E-state index contributed by atoms with van der Waals surface area (Å²) in [6.07, 6.45) is 6.06. The first kappa shape index (κ1) is 16.9. The molecule has 1 aliphatic carbocycles. The van der Waals surface area contributed by atoms with Gasteiger partial charge in [-0.3, -0.25) is 14.8 Å². The fourth-order valence-electron chi connectivity index (χ4n) is 4.91. The molecule has 2 aromatic heterocycles. The summed E-state index contributed by atoms with van der Waals surface area (Å²) in [5, 5.41) is 12.1. The van der Waals surface area contributed by atoms with Crippen molar-refractivity contribution < 1.29 is 14.8 Å². The molecular formula is C21H20N4O3. The highest BCUT2D eigenvalue weighted by Gasteiger charge is 2.52. The summed E-state index contributed by atoms with van der Waals surface area (Å²) in [5.74, 6) is -0.719. The fourth-order valence-corrected chi connectivity index (χ4v) is 4.91. The van der Waals surface area contributed by atoms with Crippen LogP contribution in [0.3, 0.4) is 0 Å². The second kappa shape index (κ2) is 6.17. The second-order valence-corrected chi connectivity index (χ2v) is 7.56. The third-order valence-corrected chi connectivity index (χ3v) is 6.26. The Labute approximate surface area is 161 Å². The van der Waals surface area contributed by atoms with Crippen LogP contribution in [0.4, 0.5) is 0 Å². The maximum Gasteiger partial charge on any atom is 0.274 e. The highest BCUT2D eigenvalue weighted by Crippen LogP contribution is 2.53. The molecule has 3 N–H and O–H groups in total. The molecule has 2 atom stereocenters. The molecule has 2 aliphatic rings. The van der Waals surface area contributed by atoms with E-state index in [1.165, 1.54) is 0 Å². The lowest BCUT2D eigenvalue weighted by molar-refractivity contribution is -0.129. The lowest BCUT2D eigenvalue weighted by atomic mass is 9.61. The van der Waals surface area contributed by atoms with E-state index in [2.05, 4.69) is 10.3 Å². The smallest absolute Gasteiger partial charge is 0.274 e. The Hall–Kier alpha value is -3.19. The number of aryl methyl sites for hydroxylation is 1. The van der Waals surface area contributed by atoms with E-state index in [4.69, 9.17) is 5.21 Å². The van der Waals surface area contributed by atoms with Gasteiger partial charge < -0.3 is 9.72 Å². The highest BCUT2D eigenvalue weighted by atomic mass is 16.5. The third-order valence-electron chi connectivity index (χ3n) is 6.26. The van der Waals surface area contributed by atoms with Gasteiger partial charge in [-0.2, -0.15) is 0 Å². The number of hydrogen-bond donors (Lipinski definition) is 3. The number of amides is 2. The molecule has 1 aliphatic heterocycles. The molecule has 1 aromatic carbocycles. The second-order valence-electron chi connectivity index (χ2n) is 7.56. The Morgan fingerprint density at radius 3 is 2.96 bits per heavy atom. The third kappa shape index (κ3) is 2.29. The fraction of sp³-hybridized carbons (Fsp3) is 0.286. The molecule has 3 aromatic rings. The lowest BCUT2D eigenvalue weighted by Gasteiger charge is -2.40. The van der Waals surface area contributed by atoms with Crippen molar-refractivity contribution in [2.24, 2.45) is 5.41 Å². The zero-order valence-corrected chi connectivity index (χ0v) is 15.2. The number of rotatable bonds is 2. The van der Waals surface area contributed by atoms with E-state index in [1.807, 2.05) is 41.1 Å². The number of pyridine rings is 1. The quantitative estimate of drug-likeness (QED) is 0.471. The van der Waals surface area contributed by atoms with Gasteiger partial charge in [-0.15, -0.1) is 0 Å². The number of benzene rings is 1. The number of imidazole rings is 1. The molecule has 1 fully saturated rings. The summed E-state index contributed by atoms with van der Waals surface area (Å²) >= 11 is 0. The van der Waals surface area contributed by atoms with Crippen LogP contribution in [0.15, 0.2) is 48.8 Å². The van der Waals surface area contributed by atoms with Crippen LogP contribution in [0.1, 0.15) is 45.9 Å². The van der Waals surface area contributed by atoms with Crippen LogP contribution in [-0.4, -0.2) is 33.0 Å². The molecule has 0 saturated carbocycles. The van der Waals surface area contributed by atoms with Crippen LogP contribution in [0.5, 0.6) is 0 Å². The first-order chi connectivity index (χ1) is 13.6. The minimum Gasteiger partial charge on any atom is -0.356 e. The average molecular weight is 376 g/mol. The Balaban J connectivity index is 1.77. The summed E-state index contributed by atoms with van der Waals surface area (Å²) in [6.45, 7) is 0.651. The van der Waals surface area contributed by atoms with E-state index >= 15 is 0 Å². The normalized spacial score (nSPS) is 23.6. The van der Waals surface area contributed by atoms with Gasteiger partial charge in [0.1, 0.15) is 5.65 Å². The number of carbonyl (C=O) groups excluding carboxylic acids is 2. The van der Waals surface area contributed by atoms with E-state index in [-0.39, 0.29) is 11.8 Å². The van der Waals surface area contributed by atoms with Gasteiger partial charge >= 0.3 is 0 Å². The number of aromatic nitrogens is 2. The van der Waals surface area contributed by atoms with Crippen molar-refractivity contribution in [1.29, 1.82) is 0 Å².